The minimum atomic E-state index is -0.577. The summed E-state index contributed by atoms with van der Waals surface area (Å²) in [5.74, 6) is -0.487. The molecule has 9 heteroatoms. The Hall–Kier alpha value is -4.66. The van der Waals surface area contributed by atoms with Gasteiger partial charge in [0.15, 0.2) is 6.61 Å². The van der Waals surface area contributed by atoms with Crippen LogP contribution in [-0.4, -0.2) is 37.5 Å². The second kappa shape index (κ2) is 13.3. The number of esters is 2. The summed E-state index contributed by atoms with van der Waals surface area (Å²) < 4.78 is 15.3. The Morgan fingerprint density at radius 1 is 0.694 bits per heavy atom. The van der Waals surface area contributed by atoms with E-state index >= 15 is 0 Å². The van der Waals surface area contributed by atoms with Gasteiger partial charge in [-0.05, 0) is 67.1 Å². The normalized spacial score (nSPS) is 10.1. The van der Waals surface area contributed by atoms with Crippen LogP contribution in [0.1, 0.15) is 29.6 Å². The fourth-order valence-corrected chi connectivity index (χ4v) is 3.07. The molecule has 0 heterocycles. The highest BCUT2D eigenvalue weighted by molar-refractivity contribution is 5.94. The molecule has 0 unspecified atom stereocenters. The molecule has 3 aromatic rings. The quantitative estimate of drug-likeness (QED) is 0.378. The molecule has 9 nitrogen and oxygen atoms in total. The zero-order valence-electron chi connectivity index (χ0n) is 19.7. The third kappa shape index (κ3) is 8.60. The molecule has 0 atom stereocenters. The number of amides is 2. The highest BCUT2D eigenvalue weighted by atomic mass is 16.5. The van der Waals surface area contributed by atoms with Crippen molar-refractivity contribution in [1.82, 2.24) is 0 Å². The van der Waals surface area contributed by atoms with Crippen molar-refractivity contribution in [3.63, 3.8) is 0 Å². The molecule has 36 heavy (non-hydrogen) atoms. The van der Waals surface area contributed by atoms with E-state index in [0.717, 1.165) is 0 Å². The second-order valence-corrected chi connectivity index (χ2v) is 7.62. The van der Waals surface area contributed by atoms with Crippen molar-refractivity contribution < 1.29 is 33.4 Å². The number of ether oxygens (including phenoxy) is 3. The molecule has 186 valence electrons. The molecule has 3 aromatic carbocycles. The SMILES string of the molecule is COC(=O)c1ccc(NC(=O)CCCC(=O)OCC(=O)Nc2ccc(Oc3ccccc3)cc2)cc1. The van der Waals surface area contributed by atoms with E-state index in [1.807, 2.05) is 30.3 Å². The molecule has 0 radical (unpaired) electrons. The van der Waals surface area contributed by atoms with E-state index in [0.29, 0.717) is 28.4 Å². The number of hydrogen-bond acceptors (Lipinski definition) is 7. The highest BCUT2D eigenvalue weighted by Gasteiger charge is 2.11. The van der Waals surface area contributed by atoms with Crippen LogP contribution in [0.2, 0.25) is 0 Å². The number of carbonyl (C=O) groups excluding carboxylic acids is 4. The Morgan fingerprint density at radius 2 is 1.28 bits per heavy atom. The Labute approximate surface area is 208 Å². The summed E-state index contributed by atoms with van der Waals surface area (Å²) >= 11 is 0. The van der Waals surface area contributed by atoms with Crippen LogP contribution in [0.25, 0.3) is 0 Å². The van der Waals surface area contributed by atoms with Gasteiger partial charge < -0.3 is 24.8 Å². The van der Waals surface area contributed by atoms with Gasteiger partial charge in [-0.25, -0.2) is 4.79 Å². The Kier molecular flexibility index (Phi) is 9.58. The number of carbonyl (C=O) groups is 4. The third-order valence-corrected chi connectivity index (χ3v) is 4.86. The first-order chi connectivity index (χ1) is 17.4. The number of para-hydroxylation sites is 1. The van der Waals surface area contributed by atoms with Gasteiger partial charge >= 0.3 is 11.9 Å². The minimum absolute atomic E-state index is 0.00645. The molecule has 0 aromatic heterocycles. The molecular formula is C27H26N2O7. The van der Waals surface area contributed by atoms with Gasteiger partial charge in [-0.3, -0.25) is 14.4 Å². The monoisotopic (exact) mass is 490 g/mol. The lowest BCUT2D eigenvalue weighted by Gasteiger charge is -2.09. The third-order valence-electron chi connectivity index (χ3n) is 4.86. The van der Waals surface area contributed by atoms with E-state index in [-0.39, 0.29) is 25.2 Å². The van der Waals surface area contributed by atoms with E-state index in [2.05, 4.69) is 15.4 Å². The zero-order chi connectivity index (χ0) is 25.8. The average molecular weight is 491 g/mol. The van der Waals surface area contributed by atoms with Gasteiger partial charge in [-0.1, -0.05) is 18.2 Å². The van der Waals surface area contributed by atoms with Gasteiger partial charge in [-0.15, -0.1) is 0 Å². The molecule has 0 aliphatic carbocycles. The maximum absolute atomic E-state index is 12.1. The largest absolute Gasteiger partial charge is 0.465 e. The van der Waals surface area contributed by atoms with Gasteiger partial charge in [0.1, 0.15) is 11.5 Å². The summed E-state index contributed by atoms with van der Waals surface area (Å²) in [6.07, 6.45) is 0.348. The topological polar surface area (TPSA) is 120 Å². The smallest absolute Gasteiger partial charge is 0.337 e. The molecule has 0 fully saturated rings. The molecule has 0 aliphatic heterocycles. The van der Waals surface area contributed by atoms with Crippen molar-refractivity contribution in [3.05, 3.63) is 84.4 Å². The van der Waals surface area contributed by atoms with Crippen molar-refractivity contribution in [3.8, 4) is 11.5 Å². The number of rotatable bonds is 11. The van der Waals surface area contributed by atoms with E-state index in [1.54, 1.807) is 36.4 Å². The minimum Gasteiger partial charge on any atom is -0.465 e. The Balaban J connectivity index is 1.31. The number of nitrogens with one attached hydrogen (secondary N) is 2. The van der Waals surface area contributed by atoms with Gasteiger partial charge in [0.05, 0.1) is 12.7 Å². The predicted molar refractivity (Wildman–Crippen MR) is 133 cm³/mol. The van der Waals surface area contributed by atoms with Crippen molar-refractivity contribution in [2.75, 3.05) is 24.4 Å². The summed E-state index contributed by atoms with van der Waals surface area (Å²) in [7, 11) is 1.29. The molecule has 0 saturated heterocycles. The van der Waals surface area contributed by atoms with E-state index in [9.17, 15) is 19.2 Å². The molecule has 0 aliphatic rings. The number of methoxy groups -OCH3 is 1. The van der Waals surface area contributed by atoms with Crippen molar-refractivity contribution in [2.45, 2.75) is 19.3 Å². The first-order valence-electron chi connectivity index (χ1n) is 11.2. The maximum atomic E-state index is 12.1. The Bertz CT molecular complexity index is 1180. The van der Waals surface area contributed by atoms with Crippen molar-refractivity contribution in [2.24, 2.45) is 0 Å². The van der Waals surface area contributed by atoms with Crippen LogP contribution in [0.15, 0.2) is 78.9 Å². The van der Waals surface area contributed by atoms with E-state index in [1.165, 1.54) is 19.2 Å². The maximum Gasteiger partial charge on any atom is 0.337 e. The summed E-state index contributed by atoms with van der Waals surface area (Å²) in [5.41, 5.74) is 1.43. The molecule has 2 amide bonds. The lowest BCUT2D eigenvalue weighted by molar-refractivity contribution is -0.147. The molecule has 0 spiro atoms. The lowest BCUT2D eigenvalue weighted by atomic mass is 10.2. The van der Waals surface area contributed by atoms with Crippen molar-refractivity contribution in [1.29, 1.82) is 0 Å². The molecule has 3 rings (SSSR count). The van der Waals surface area contributed by atoms with Crippen LogP contribution in [0.5, 0.6) is 11.5 Å². The van der Waals surface area contributed by atoms with Gasteiger partial charge in [0, 0.05) is 24.2 Å². The summed E-state index contributed by atoms with van der Waals surface area (Å²) in [4.78, 5) is 47.4. The first kappa shape index (κ1) is 26.0. The highest BCUT2D eigenvalue weighted by Crippen LogP contribution is 2.22. The molecule has 0 saturated carbocycles. The number of anilines is 2. The summed E-state index contributed by atoms with van der Waals surface area (Å²) in [6.45, 7) is -0.431. The standard InChI is InChI=1S/C27H26N2O7/c1-34-27(33)19-10-12-20(13-11-19)28-24(30)8-5-9-26(32)35-18-25(31)29-21-14-16-23(17-15-21)36-22-6-3-2-4-7-22/h2-4,6-7,10-17H,5,8-9,18H2,1H3,(H,28,30)(H,29,31). The van der Waals surface area contributed by atoms with Crippen LogP contribution >= 0.6 is 0 Å². The summed E-state index contributed by atoms with van der Waals surface area (Å²) in [5, 5.41) is 5.32. The van der Waals surface area contributed by atoms with Gasteiger partial charge in [0.25, 0.3) is 5.91 Å². The number of benzene rings is 3. The van der Waals surface area contributed by atoms with Crippen LogP contribution in [0.4, 0.5) is 11.4 Å². The molecule has 2 N–H and O–H groups in total. The van der Waals surface area contributed by atoms with Crippen LogP contribution in [0.3, 0.4) is 0 Å². The fourth-order valence-electron chi connectivity index (χ4n) is 3.07. The first-order valence-corrected chi connectivity index (χ1v) is 11.2. The van der Waals surface area contributed by atoms with Crippen LogP contribution in [-0.2, 0) is 23.9 Å². The van der Waals surface area contributed by atoms with Crippen LogP contribution < -0.4 is 15.4 Å². The lowest BCUT2D eigenvalue weighted by Crippen LogP contribution is -2.21. The van der Waals surface area contributed by atoms with Gasteiger partial charge in [0.2, 0.25) is 5.91 Å². The molecule has 0 bridgehead atoms. The van der Waals surface area contributed by atoms with Gasteiger partial charge in [-0.2, -0.15) is 0 Å². The zero-order valence-corrected chi connectivity index (χ0v) is 19.7. The fraction of sp³-hybridized carbons (Fsp3) is 0.185. The second-order valence-electron chi connectivity index (χ2n) is 7.62. The predicted octanol–water partition coefficient (Wildman–Crippen LogP) is 4.56. The Morgan fingerprint density at radius 3 is 1.92 bits per heavy atom. The van der Waals surface area contributed by atoms with E-state index in [4.69, 9.17) is 9.47 Å². The number of hydrogen-bond donors (Lipinski definition) is 2. The van der Waals surface area contributed by atoms with Crippen molar-refractivity contribution >= 4 is 35.1 Å². The summed E-state index contributed by atoms with van der Waals surface area (Å²) in [6, 6.07) is 22.3. The van der Waals surface area contributed by atoms with E-state index < -0.39 is 24.5 Å². The average Bonchev–Trinajstić information content (AvgIpc) is 2.89. The molecular weight excluding hydrogens is 464 g/mol. The van der Waals surface area contributed by atoms with Crippen LogP contribution in [0, 0.1) is 0 Å².